The largest absolute Gasteiger partial charge is 0.381 e. The van der Waals surface area contributed by atoms with Crippen LogP contribution in [-0.4, -0.2) is 23.1 Å². The minimum atomic E-state index is 0.597. The van der Waals surface area contributed by atoms with Crippen molar-refractivity contribution in [2.24, 2.45) is 5.73 Å². The molecule has 0 saturated carbocycles. The Labute approximate surface area is 101 Å². The molecule has 0 atom stereocenters. The summed E-state index contributed by atoms with van der Waals surface area (Å²) in [6, 6.07) is 8.08. The van der Waals surface area contributed by atoms with Gasteiger partial charge in [0.2, 0.25) is 0 Å². The van der Waals surface area contributed by atoms with Crippen LogP contribution in [0.1, 0.15) is 5.56 Å². The predicted molar refractivity (Wildman–Crippen MR) is 69.7 cm³/mol. The summed E-state index contributed by atoms with van der Waals surface area (Å²) in [5.74, 6) is 0.751. The van der Waals surface area contributed by atoms with Crippen LogP contribution in [0.25, 0.3) is 11.4 Å². The first kappa shape index (κ1) is 11.5. The monoisotopic (exact) mass is 228 g/mol. The average Bonchev–Trinajstić information content (AvgIpc) is 2.38. The lowest BCUT2D eigenvalue weighted by Gasteiger charge is -2.06. The Morgan fingerprint density at radius 2 is 1.88 bits per heavy atom. The highest BCUT2D eigenvalue weighted by Gasteiger charge is 2.03. The zero-order chi connectivity index (χ0) is 12.1. The lowest BCUT2D eigenvalue weighted by Crippen LogP contribution is -2.13. The van der Waals surface area contributed by atoms with E-state index in [1.807, 2.05) is 18.2 Å². The van der Waals surface area contributed by atoms with Gasteiger partial charge in [0.15, 0.2) is 5.82 Å². The summed E-state index contributed by atoms with van der Waals surface area (Å²) >= 11 is 0. The number of aryl methyl sites for hydroxylation is 1. The van der Waals surface area contributed by atoms with E-state index in [0.29, 0.717) is 6.54 Å². The number of nitrogens with zero attached hydrogens (tertiary/aromatic N) is 2. The molecule has 1 aromatic heterocycles. The predicted octanol–water partition coefficient (Wildman–Crippen LogP) is 1.82. The number of nitrogens with one attached hydrogen (secondary N) is 1. The molecule has 4 nitrogen and oxygen atoms in total. The van der Waals surface area contributed by atoms with Gasteiger partial charge in [-0.05, 0) is 12.5 Å². The number of benzene rings is 1. The van der Waals surface area contributed by atoms with Gasteiger partial charge in [0.25, 0.3) is 0 Å². The van der Waals surface area contributed by atoms with Crippen molar-refractivity contribution < 1.29 is 0 Å². The van der Waals surface area contributed by atoms with Crippen molar-refractivity contribution in [3.8, 4) is 11.4 Å². The van der Waals surface area contributed by atoms with E-state index < -0.39 is 0 Å². The molecule has 0 radical (unpaired) electrons. The first-order chi connectivity index (χ1) is 8.31. The molecule has 88 valence electrons. The fourth-order valence-corrected chi connectivity index (χ4v) is 1.60. The Balaban J connectivity index is 2.21. The van der Waals surface area contributed by atoms with Crippen molar-refractivity contribution in [2.75, 3.05) is 18.4 Å². The first-order valence-corrected chi connectivity index (χ1v) is 5.63. The summed E-state index contributed by atoms with van der Waals surface area (Å²) in [4.78, 5) is 8.70. The van der Waals surface area contributed by atoms with Crippen molar-refractivity contribution in [3.05, 3.63) is 42.2 Å². The maximum absolute atomic E-state index is 5.41. The van der Waals surface area contributed by atoms with Crippen LogP contribution in [0.5, 0.6) is 0 Å². The number of hydrogen-bond donors (Lipinski definition) is 2. The number of nitrogens with two attached hydrogens (primary N) is 1. The van der Waals surface area contributed by atoms with Crippen LogP contribution in [-0.2, 0) is 0 Å². The van der Waals surface area contributed by atoms with Gasteiger partial charge in [0.1, 0.15) is 0 Å². The van der Waals surface area contributed by atoms with Crippen LogP contribution in [0.4, 0.5) is 5.69 Å². The van der Waals surface area contributed by atoms with Crippen LogP contribution >= 0.6 is 0 Å². The van der Waals surface area contributed by atoms with E-state index in [1.54, 1.807) is 12.4 Å². The molecule has 1 heterocycles. The van der Waals surface area contributed by atoms with Gasteiger partial charge in [-0.25, -0.2) is 9.97 Å². The van der Waals surface area contributed by atoms with Gasteiger partial charge in [-0.2, -0.15) is 0 Å². The second-order valence-electron chi connectivity index (χ2n) is 3.83. The van der Waals surface area contributed by atoms with Gasteiger partial charge in [0.05, 0.1) is 18.1 Å². The molecule has 2 aromatic rings. The number of anilines is 1. The Morgan fingerprint density at radius 1 is 1.18 bits per heavy atom. The maximum atomic E-state index is 5.41. The lowest BCUT2D eigenvalue weighted by molar-refractivity contribution is 1.02. The van der Waals surface area contributed by atoms with Crippen LogP contribution in [0, 0.1) is 6.92 Å². The molecule has 1 aromatic carbocycles. The fraction of sp³-hybridized carbons (Fsp3) is 0.231. The van der Waals surface area contributed by atoms with E-state index in [1.165, 1.54) is 5.56 Å². The molecule has 3 N–H and O–H groups in total. The SMILES string of the molecule is Cc1ccccc1-c1ncc(NCCN)cn1. The van der Waals surface area contributed by atoms with Crippen LogP contribution in [0.3, 0.4) is 0 Å². The van der Waals surface area contributed by atoms with E-state index >= 15 is 0 Å². The van der Waals surface area contributed by atoms with Gasteiger partial charge in [-0.3, -0.25) is 0 Å². The summed E-state index contributed by atoms with van der Waals surface area (Å²) < 4.78 is 0. The van der Waals surface area contributed by atoms with Crippen molar-refractivity contribution >= 4 is 5.69 Å². The molecule has 2 rings (SSSR count). The summed E-state index contributed by atoms with van der Waals surface area (Å²) in [6.45, 7) is 3.38. The molecule has 0 aliphatic heterocycles. The van der Waals surface area contributed by atoms with Crippen molar-refractivity contribution in [2.45, 2.75) is 6.92 Å². The topological polar surface area (TPSA) is 63.8 Å². The van der Waals surface area contributed by atoms with E-state index in [4.69, 9.17) is 5.73 Å². The Hall–Kier alpha value is -1.94. The van der Waals surface area contributed by atoms with Crippen LogP contribution in [0.15, 0.2) is 36.7 Å². The molecule has 0 amide bonds. The molecule has 17 heavy (non-hydrogen) atoms. The molecular formula is C13H16N4. The minimum absolute atomic E-state index is 0.597. The highest BCUT2D eigenvalue weighted by molar-refractivity contribution is 5.60. The Bertz CT molecular complexity index is 479. The molecule has 0 fully saturated rings. The smallest absolute Gasteiger partial charge is 0.159 e. The zero-order valence-electron chi connectivity index (χ0n) is 9.85. The molecule has 0 unspecified atom stereocenters. The molecule has 0 spiro atoms. The van der Waals surface area contributed by atoms with Gasteiger partial charge in [-0.1, -0.05) is 24.3 Å². The minimum Gasteiger partial charge on any atom is -0.381 e. The third-order valence-electron chi connectivity index (χ3n) is 2.51. The molecule has 4 heteroatoms. The second kappa shape index (κ2) is 5.41. The van der Waals surface area contributed by atoms with Gasteiger partial charge < -0.3 is 11.1 Å². The van der Waals surface area contributed by atoms with Crippen molar-refractivity contribution in [3.63, 3.8) is 0 Å². The van der Waals surface area contributed by atoms with E-state index in [2.05, 4.69) is 28.3 Å². The van der Waals surface area contributed by atoms with E-state index in [9.17, 15) is 0 Å². The summed E-state index contributed by atoms with van der Waals surface area (Å²) in [5, 5.41) is 3.14. The van der Waals surface area contributed by atoms with Crippen molar-refractivity contribution in [1.82, 2.24) is 9.97 Å². The highest BCUT2D eigenvalue weighted by Crippen LogP contribution is 2.19. The number of aromatic nitrogens is 2. The quantitative estimate of drug-likeness (QED) is 0.838. The van der Waals surface area contributed by atoms with Gasteiger partial charge >= 0.3 is 0 Å². The molecule has 0 saturated heterocycles. The van der Waals surface area contributed by atoms with Crippen LogP contribution in [0.2, 0.25) is 0 Å². The molecule has 0 aliphatic carbocycles. The first-order valence-electron chi connectivity index (χ1n) is 5.63. The Kier molecular flexibility index (Phi) is 3.67. The number of hydrogen-bond acceptors (Lipinski definition) is 4. The van der Waals surface area contributed by atoms with Gasteiger partial charge in [-0.15, -0.1) is 0 Å². The molecular weight excluding hydrogens is 212 g/mol. The average molecular weight is 228 g/mol. The third-order valence-corrected chi connectivity index (χ3v) is 2.51. The maximum Gasteiger partial charge on any atom is 0.159 e. The summed E-state index contributed by atoms with van der Waals surface area (Å²) in [5.41, 5.74) is 8.55. The lowest BCUT2D eigenvalue weighted by atomic mass is 10.1. The summed E-state index contributed by atoms with van der Waals surface area (Å²) in [6.07, 6.45) is 3.56. The molecule has 0 bridgehead atoms. The highest BCUT2D eigenvalue weighted by atomic mass is 15.0. The fourth-order valence-electron chi connectivity index (χ4n) is 1.60. The molecule has 0 aliphatic rings. The number of rotatable bonds is 4. The van der Waals surface area contributed by atoms with Gasteiger partial charge in [0, 0.05) is 18.7 Å². The Morgan fingerprint density at radius 3 is 2.53 bits per heavy atom. The van der Waals surface area contributed by atoms with Crippen molar-refractivity contribution in [1.29, 1.82) is 0 Å². The second-order valence-corrected chi connectivity index (χ2v) is 3.83. The van der Waals surface area contributed by atoms with E-state index in [0.717, 1.165) is 23.6 Å². The standard InChI is InChI=1S/C13H16N4/c1-10-4-2-3-5-12(10)13-16-8-11(9-17-13)15-7-6-14/h2-5,8-9,15H,6-7,14H2,1H3. The third kappa shape index (κ3) is 2.79. The summed E-state index contributed by atoms with van der Waals surface area (Å²) in [7, 11) is 0. The zero-order valence-corrected chi connectivity index (χ0v) is 9.85. The normalized spacial score (nSPS) is 10.2. The van der Waals surface area contributed by atoms with E-state index in [-0.39, 0.29) is 0 Å². The van der Waals surface area contributed by atoms with Crippen LogP contribution < -0.4 is 11.1 Å².